The Balaban J connectivity index is 2.89. The number of hydrogen-bond donors (Lipinski definition) is 1. The average Bonchev–Trinajstić information content (AvgIpc) is 2.09. The van der Waals surface area contributed by atoms with Gasteiger partial charge in [-0.05, 0) is 11.6 Å². The van der Waals surface area contributed by atoms with Crippen LogP contribution in [-0.4, -0.2) is 15.8 Å². The zero-order valence-corrected chi connectivity index (χ0v) is 9.30. The summed E-state index contributed by atoms with van der Waals surface area (Å²) in [5.74, 6) is -0.295. The van der Waals surface area contributed by atoms with Gasteiger partial charge in [0.25, 0.3) is 0 Å². The monoisotopic (exact) mass is 250 g/mol. The van der Waals surface area contributed by atoms with Crippen LogP contribution in [0.2, 0.25) is 0 Å². The van der Waals surface area contributed by atoms with E-state index in [-0.39, 0.29) is 17.4 Å². The van der Waals surface area contributed by atoms with E-state index < -0.39 is 9.92 Å². The second-order valence-corrected chi connectivity index (χ2v) is 4.13. The first-order valence-electron chi connectivity index (χ1n) is 4.05. The first kappa shape index (κ1) is 12.0. The molecule has 15 heavy (non-hydrogen) atoms. The van der Waals surface area contributed by atoms with Crippen molar-refractivity contribution in [2.75, 3.05) is 0 Å². The van der Waals surface area contributed by atoms with Crippen LogP contribution in [0, 0.1) is 10.1 Å². The highest BCUT2D eigenvalue weighted by Crippen LogP contribution is 2.32. The van der Waals surface area contributed by atoms with E-state index in [1.807, 2.05) is 0 Å². The molecule has 1 amide bonds. The summed E-state index contributed by atoms with van der Waals surface area (Å²) in [4.78, 5) is 19.0. The van der Waals surface area contributed by atoms with Crippen molar-refractivity contribution < 1.29 is 9.72 Å². The summed E-state index contributed by atoms with van der Waals surface area (Å²) in [6.45, 7) is 1.32. The number of allylic oxidation sites excluding steroid dienone is 1. The van der Waals surface area contributed by atoms with E-state index >= 15 is 0 Å². The van der Waals surface area contributed by atoms with Crippen molar-refractivity contribution in [3.8, 4) is 0 Å². The number of nitro groups is 1. The number of carbonyl (C=O) groups is 1. The van der Waals surface area contributed by atoms with Crippen molar-refractivity contribution in [3.05, 3.63) is 33.0 Å². The number of hydrogen-bond acceptors (Lipinski definition) is 3. The van der Waals surface area contributed by atoms with E-state index in [4.69, 9.17) is 23.2 Å². The summed E-state index contributed by atoms with van der Waals surface area (Å²) >= 11 is 11.4. The van der Waals surface area contributed by atoms with Gasteiger partial charge in [0, 0.05) is 17.9 Å². The molecule has 0 radical (unpaired) electrons. The largest absolute Gasteiger partial charge is 0.325 e. The van der Waals surface area contributed by atoms with Gasteiger partial charge >= 0.3 is 5.00 Å². The Bertz CT molecular complexity index is 378. The van der Waals surface area contributed by atoms with Crippen LogP contribution in [0.25, 0.3) is 0 Å². The minimum Gasteiger partial charge on any atom is -0.325 e. The number of carbonyl (C=O) groups excluding carboxylic acids is 1. The molecule has 0 aromatic heterocycles. The van der Waals surface area contributed by atoms with Crippen LogP contribution < -0.4 is 5.32 Å². The van der Waals surface area contributed by atoms with Gasteiger partial charge in [-0.2, -0.15) is 0 Å². The fourth-order valence-corrected chi connectivity index (χ4v) is 1.65. The summed E-state index contributed by atoms with van der Waals surface area (Å²) in [6.07, 6.45) is 2.52. The molecule has 1 rings (SSSR count). The number of nitrogens with one attached hydrogen (secondary N) is 1. The van der Waals surface area contributed by atoms with Crippen LogP contribution in [-0.2, 0) is 4.79 Å². The fourth-order valence-electron chi connectivity index (χ4n) is 1.10. The molecule has 0 spiro atoms. The normalized spacial score (nSPS) is 25.3. The second-order valence-electron chi connectivity index (χ2n) is 3.07. The van der Waals surface area contributed by atoms with E-state index in [1.54, 1.807) is 0 Å². The lowest BCUT2D eigenvalue weighted by molar-refractivity contribution is -0.527. The molecule has 0 aromatic rings. The van der Waals surface area contributed by atoms with Gasteiger partial charge in [0.1, 0.15) is 0 Å². The smallest absolute Gasteiger partial charge is 0.318 e. The lowest BCUT2D eigenvalue weighted by atomic mass is 10.1. The van der Waals surface area contributed by atoms with Crippen molar-refractivity contribution in [1.82, 2.24) is 5.32 Å². The van der Waals surface area contributed by atoms with Gasteiger partial charge in [-0.15, -0.1) is 0 Å². The van der Waals surface area contributed by atoms with E-state index in [0.29, 0.717) is 5.70 Å². The third-order valence-corrected chi connectivity index (χ3v) is 2.53. The third-order valence-electron chi connectivity index (χ3n) is 1.81. The lowest BCUT2D eigenvalue weighted by Crippen LogP contribution is -2.33. The Hall–Kier alpha value is -1.07. The van der Waals surface area contributed by atoms with Gasteiger partial charge in [0.2, 0.25) is 5.91 Å². The van der Waals surface area contributed by atoms with E-state index in [1.165, 1.54) is 13.0 Å². The molecular formula is C8H8Cl2N2O3. The maximum Gasteiger partial charge on any atom is 0.318 e. The Morgan fingerprint density at radius 2 is 2.33 bits per heavy atom. The highest BCUT2D eigenvalue weighted by molar-refractivity contribution is 6.33. The number of nitrogens with zero attached hydrogens (tertiary/aromatic N) is 1. The van der Waals surface area contributed by atoms with Gasteiger partial charge in [-0.1, -0.05) is 17.7 Å². The summed E-state index contributed by atoms with van der Waals surface area (Å²) in [5, 5.41) is 13.1. The molecule has 0 heterocycles. The van der Waals surface area contributed by atoms with Gasteiger partial charge < -0.3 is 5.32 Å². The predicted octanol–water partition coefficient (Wildman–Crippen LogP) is 1.74. The molecule has 0 bridgehead atoms. The molecule has 5 nitrogen and oxygen atoms in total. The maximum atomic E-state index is 10.7. The zero-order chi connectivity index (χ0) is 11.6. The van der Waals surface area contributed by atoms with E-state index in [9.17, 15) is 14.9 Å². The minimum atomic E-state index is -1.71. The molecule has 1 aliphatic carbocycles. The van der Waals surface area contributed by atoms with Crippen molar-refractivity contribution in [2.24, 2.45) is 0 Å². The topological polar surface area (TPSA) is 72.2 Å². The van der Waals surface area contributed by atoms with Crippen molar-refractivity contribution in [3.63, 3.8) is 0 Å². The SMILES string of the molecule is CC(=O)NC1=CCC(Cl)([N+](=O)[O-])C=C1Cl. The first-order chi connectivity index (χ1) is 6.85. The summed E-state index contributed by atoms with van der Waals surface area (Å²) in [6, 6.07) is 0. The number of alkyl halides is 1. The number of halogens is 2. The van der Waals surface area contributed by atoms with Crippen LogP contribution >= 0.6 is 23.2 Å². The second kappa shape index (κ2) is 4.20. The Kier molecular flexibility index (Phi) is 3.36. The molecule has 1 aliphatic rings. The molecule has 7 heteroatoms. The molecule has 0 saturated carbocycles. The summed E-state index contributed by atoms with van der Waals surface area (Å²) in [5.41, 5.74) is 0.349. The molecule has 1 atom stereocenters. The fraction of sp³-hybridized carbons (Fsp3) is 0.375. The highest BCUT2D eigenvalue weighted by atomic mass is 35.5. The van der Waals surface area contributed by atoms with E-state index in [2.05, 4.69) is 5.32 Å². The molecule has 82 valence electrons. The quantitative estimate of drug-likeness (QED) is 0.351. The van der Waals surface area contributed by atoms with Crippen molar-refractivity contribution in [2.45, 2.75) is 18.3 Å². The van der Waals surface area contributed by atoms with Gasteiger partial charge in [-0.25, -0.2) is 0 Å². The predicted molar refractivity (Wildman–Crippen MR) is 56.0 cm³/mol. The molecule has 1 N–H and O–H groups in total. The number of amides is 1. The molecule has 0 saturated heterocycles. The zero-order valence-electron chi connectivity index (χ0n) is 7.79. The van der Waals surface area contributed by atoms with Crippen LogP contribution in [0.5, 0.6) is 0 Å². The van der Waals surface area contributed by atoms with Crippen molar-refractivity contribution in [1.29, 1.82) is 0 Å². The molecule has 0 aliphatic heterocycles. The molecular weight excluding hydrogens is 243 g/mol. The maximum absolute atomic E-state index is 10.7. The van der Waals surface area contributed by atoms with E-state index in [0.717, 1.165) is 6.08 Å². The minimum absolute atomic E-state index is 0.0204. The summed E-state index contributed by atoms with van der Waals surface area (Å²) < 4.78 is 0. The van der Waals surface area contributed by atoms with Crippen LogP contribution in [0.1, 0.15) is 13.3 Å². The highest BCUT2D eigenvalue weighted by Gasteiger charge is 2.40. The average molecular weight is 251 g/mol. The van der Waals surface area contributed by atoms with Crippen LogP contribution in [0.3, 0.4) is 0 Å². The lowest BCUT2D eigenvalue weighted by Gasteiger charge is -2.19. The van der Waals surface area contributed by atoms with Crippen molar-refractivity contribution >= 4 is 29.1 Å². The van der Waals surface area contributed by atoms with Crippen LogP contribution in [0.4, 0.5) is 0 Å². The molecule has 1 unspecified atom stereocenters. The van der Waals surface area contributed by atoms with Gasteiger partial charge in [0.05, 0.1) is 17.2 Å². The molecule has 0 aromatic carbocycles. The molecule has 0 fully saturated rings. The first-order valence-corrected chi connectivity index (χ1v) is 4.80. The van der Waals surface area contributed by atoms with Gasteiger partial charge in [-0.3, -0.25) is 14.9 Å². The standard InChI is InChI=1S/C8H8Cl2N2O3/c1-5(13)11-7-2-3-8(10,12(14)15)4-6(7)9/h2,4H,3H2,1H3,(H,11,13). The summed E-state index contributed by atoms with van der Waals surface area (Å²) in [7, 11) is 0. The Labute approximate surface area is 95.9 Å². The Morgan fingerprint density at radius 3 is 2.73 bits per heavy atom. The third kappa shape index (κ3) is 2.70. The Morgan fingerprint density at radius 1 is 1.73 bits per heavy atom. The van der Waals surface area contributed by atoms with Gasteiger partial charge in [0.15, 0.2) is 0 Å². The van der Waals surface area contributed by atoms with Crippen LogP contribution in [0.15, 0.2) is 22.9 Å². The number of rotatable bonds is 2.